The molecule has 0 amide bonds. The van der Waals surface area contributed by atoms with Crippen LogP contribution in [0.2, 0.25) is 0 Å². The molecule has 8 aromatic carbocycles. The fraction of sp³-hybridized carbons (Fsp3) is 0.102. The van der Waals surface area contributed by atoms with E-state index in [4.69, 9.17) is 9.47 Å². The van der Waals surface area contributed by atoms with Crippen LogP contribution in [0.25, 0.3) is 21.5 Å². The van der Waals surface area contributed by atoms with Crippen LogP contribution >= 0.6 is 0 Å². The lowest BCUT2D eigenvalue weighted by Crippen LogP contribution is -1.98. The first-order valence-corrected chi connectivity index (χ1v) is 21.7. The van der Waals surface area contributed by atoms with Crippen LogP contribution in [-0.4, -0.2) is 37.4 Å². The van der Waals surface area contributed by atoms with Crippen molar-refractivity contribution in [3.63, 3.8) is 0 Å². The van der Waals surface area contributed by atoms with Crippen molar-refractivity contribution in [2.24, 2.45) is 40.9 Å². The van der Waals surface area contributed by atoms with Crippen LogP contribution in [0.1, 0.15) is 16.7 Å². The van der Waals surface area contributed by atoms with E-state index in [0.717, 1.165) is 45.3 Å². The third kappa shape index (κ3) is 10.0. The van der Waals surface area contributed by atoms with E-state index in [1.54, 1.807) is 55.6 Å². The smallest absolute Gasteiger partial charge is 0.295 e. The first-order chi connectivity index (χ1) is 31.7. The van der Waals surface area contributed by atoms with Gasteiger partial charge in [0.1, 0.15) is 33.5 Å². The standard InChI is InChI=1S/C49H41N9O7S/c1-28-20-35(12-18-42(28)54-55-43-19-13-37(26-47(43)65-5)52-51-36-8-6-32-24-38(59)27-48(41(32)25-36)66(61,62)63)53-57-45-21-30(3)46(22-29(45)2)58-56-44-17-7-31-23-34(11-16-40(31)49(44)60)50-33-9-14-39(64-4)15-10-33/h6-27,50,59-60H,1-5H3,(H,61,62,63). The SMILES string of the molecule is COc1ccc(Nc2ccc3c(O)c(N=Nc4cc(C)c(N=Nc5ccc(N=Nc6ccc(N=Nc7ccc8cc(O)cc(S(=O)(=O)O)c8c7)cc6OC)c(C)c5)cc4C)ccc3c2)cc1. The second kappa shape index (κ2) is 18.7. The van der Waals surface area contributed by atoms with E-state index < -0.39 is 15.0 Å². The molecule has 330 valence electrons. The number of azo groups is 4. The number of phenolic OH excluding ortho intramolecular Hbond substituents is 2. The molecule has 0 saturated heterocycles. The van der Waals surface area contributed by atoms with E-state index in [-0.39, 0.29) is 16.9 Å². The molecule has 0 heterocycles. The van der Waals surface area contributed by atoms with Gasteiger partial charge in [0.2, 0.25) is 0 Å². The summed E-state index contributed by atoms with van der Waals surface area (Å²) >= 11 is 0. The van der Waals surface area contributed by atoms with Gasteiger partial charge in [0.25, 0.3) is 10.1 Å². The fourth-order valence-electron chi connectivity index (χ4n) is 6.94. The van der Waals surface area contributed by atoms with E-state index in [0.29, 0.717) is 62.0 Å². The molecule has 0 bridgehead atoms. The molecule has 0 aliphatic heterocycles. The number of nitrogens with zero attached hydrogens (tertiary/aromatic N) is 8. The highest BCUT2D eigenvalue weighted by Crippen LogP contribution is 2.40. The summed E-state index contributed by atoms with van der Waals surface area (Å²) in [7, 11) is -1.48. The van der Waals surface area contributed by atoms with Crippen molar-refractivity contribution < 1.29 is 32.7 Å². The van der Waals surface area contributed by atoms with Crippen LogP contribution in [0.4, 0.5) is 56.9 Å². The predicted octanol–water partition coefficient (Wildman–Crippen LogP) is 15.0. The van der Waals surface area contributed by atoms with Gasteiger partial charge in [-0.1, -0.05) is 12.1 Å². The third-order valence-corrected chi connectivity index (χ3v) is 11.3. The number of benzene rings is 8. The monoisotopic (exact) mass is 899 g/mol. The second-order valence-corrected chi connectivity index (χ2v) is 16.5. The minimum Gasteiger partial charge on any atom is -0.508 e. The van der Waals surface area contributed by atoms with Gasteiger partial charge in [-0.15, -0.1) is 10.2 Å². The minimum absolute atomic E-state index is 0.0383. The van der Waals surface area contributed by atoms with Crippen LogP contribution in [0, 0.1) is 20.8 Å². The molecule has 8 aromatic rings. The zero-order valence-electron chi connectivity index (χ0n) is 36.2. The maximum atomic E-state index is 11.9. The number of hydrogen-bond acceptors (Lipinski definition) is 15. The van der Waals surface area contributed by atoms with Crippen molar-refractivity contribution in [2.45, 2.75) is 25.7 Å². The summed E-state index contributed by atoms with van der Waals surface area (Å²) < 4.78 is 44.3. The van der Waals surface area contributed by atoms with E-state index >= 15 is 0 Å². The minimum atomic E-state index is -4.61. The Morgan fingerprint density at radius 3 is 1.68 bits per heavy atom. The molecule has 66 heavy (non-hydrogen) atoms. The molecule has 0 aliphatic rings. The van der Waals surface area contributed by atoms with Crippen LogP contribution in [0.5, 0.6) is 23.0 Å². The maximum absolute atomic E-state index is 11.9. The summed E-state index contributed by atoms with van der Waals surface area (Å²) in [6.07, 6.45) is 0. The Morgan fingerprint density at radius 1 is 0.470 bits per heavy atom. The first-order valence-electron chi connectivity index (χ1n) is 20.2. The van der Waals surface area contributed by atoms with Crippen molar-refractivity contribution in [3.05, 3.63) is 150 Å². The van der Waals surface area contributed by atoms with E-state index in [9.17, 15) is 23.2 Å². The first kappa shape index (κ1) is 44.2. The van der Waals surface area contributed by atoms with Crippen molar-refractivity contribution in [1.82, 2.24) is 0 Å². The van der Waals surface area contributed by atoms with Crippen molar-refractivity contribution in [2.75, 3.05) is 19.5 Å². The molecule has 16 nitrogen and oxygen atoms in total. The molecular weight excluding hydrogens is 859 g/mol. The Kier molecular flexibility index (Phi) is 12.6. The van der Waals surface area contributed by atoms with Gasteiger partial charge in [-0.3, -0.25) is 4.55 Å². The van der Waals surface area contributed by atoms with Crippen LogP contribution in [0.3, 0.4) is 0 Å². The molecule has 0 radical (unpaired) electrons. The van der Waals surface area contributed by atoms with Crippen LogP contribution in [-0.2, 0) is 10.1 Å². The number of nitrogens with one attached hydrogen (secondary N) is 1. The van der Waals surface area contributed by atoms with Gasteiger partial charge in [0.15, 0.2) is 5.75 Å². The number of hydrogen-bond donors (Lipinski definition) is 4. The number of aromatic hydroxyl groups is 2. The number of aryl methyl sites for hydroxylation is 3. The van der Waals surface area contributed by atoms with Crippen molar-refractivity contribution >= 4 is 88.5 Å². The quantitative estimate of drug-likeness (QED) is 0.0641. The van der Waals surface area contributed by atoms with E-state index in [1.165, 1.54) is 19.2 Å². The van der Waals surface area contributed by atoms with Gasteiger partial charge in [-0.2, -0.15) is 39.1 Å². The number of anilines is 2. The summed E-state index contributed by atoms with van der Waals surface area (Å²) in [5.41, 5.74) is 8.33. The van der Waals surface area contributed by atoms with Crippen molar-refractivity contribution in [1.29, 1.82) is 0 Å². The largest absolute Gasteiger partial charge is 0.508 e. The molecule has 0 saturated carbocycles. The van der Waals surface area contributed by atoms with Gasteiger partial charge in [0, 0.05) is 34.3 Å². The average molecular weight is 900 g/mol. The fourth-order valence-corrected chi connectivity index (χ4v) is 7.67. The topological polar surface area (TPSA) is 224 Å². The Balaban J connectivity index is 0.916. The zero-order chi connectivity index (χ0) is 46.5. The zero-order valence-corrected chi connectivity index (χ0v) is 37.0. The highest BCUT2D eigenvalue weighted by atomic mass is 32.2. The number of phenols is 2. The highest BCUT2D eigenvalue weighted by molar-refractivity contribution is 7.86. The number of ether oxygens (including phenoxy) is 2. The summed E-state index contributed by atoms with van der Waals surface area (Å²) in [4.78, 5) is -0.440. The predicted molar refractivity (Wildman–Crippen MR) is 254 cm³/mol. The molecule has 0 fully saturated rings. The molecular formula is C49H41N9O7S. The second-order valence-electron chi connectivity index (χ2n) is 15.1. The Labute approximate surface area is 379 Å². The lowest BCUT2D eigenvalue weighted by Gasteiger charge is -2.10. The molecule has 0 aliphatic carbocycles. The summed E-state index contributed by atoms with van der Waals surface area (Å²) in [6.45, 7) is 5.72. The highest BCUT2D eigenvalue weighted by Gasteiger charge is 2.17. The van der Waals surface area contributed by atoms with E-state index in [1.807, 2.05) is 87.5 Å². The van der Waals surface area contributed by atoms with Gasteiger partial charge < -0.3 is 25.0 Å². The van der Waals surface area contributed by atoms with Gasteiger partial charge >= 0.3 is 0 Å². The van der Waals surface area contributed by atoms with Crippen LogP contribution < -0.4 is 14.8 Å². The Morgan fingerprint density at radius 2 is 1.00 bits per heavy atom. The molecule has 0 aromatic heterocycles. The lowest BCUT2D eigenvalue weighted by molar-refractivity contribution is 0.415. The Hall–Kier alpha value is -8.41. The third-order valence-electron chi connectivity index (χ3n) is 10.5. The molecule has 0 spiro atoms. The molecule has 0 unspecified atom stereocenters. The number of rotatable bonds is 13. The summed E-state index contributed by atoms with van der Waals surface area (Å²) in [6, 6.07) is 38.1. The number of fused-ring (bicyclic) bond motifs is 2. The normalized spacial score (nSPS) is 12.1. The van der Waals surface area contributed by atoms with Crippen LogP contribution in [0.15, 0.2) is 179 Å². The molecule has 17 heteroatoms. The van der Waals surface area contributed by atoms with E-state index in [2.05, 4.69) is 46.2 Å². The number of methoxy groups -OCH3 is 2. The molecule has 0 atom stereocenters. The lowest BCUT2D eigenvalue weighted by atomic mass is 10.1. The van der Waals surface area contributed by atoms with Gasteiger partial charge in [-0.05, 0) is 157 Å². The molecule has 8 rings (SSSR count). The average Bonchev–Trinajstić information content (AvgIpc) is 3.30. The summed E-state index contributed by atoms with van der Waals surface area (Å²) in [5.74, 6) is 0.903. The Bertz CT molecular complexity index is 3410. The summed E-state index contributed by atoms with van der Waals surface area (Å²) in [5, 5.41) is 61.6. The van der Waals surface area contributed by atoms with Crippen molar-refractivity contribution in [3.8, 4) is 23.0 Å². The van der Waals surface area contributed by atoms with Gasteiger partial charge in [-0.25, -0.2) is 0 Å². The molecule has 4 N–H and O–H groups in total. The van der Waals surface area contributed by atoms with Gasteiger partial charge in [0.05, 0.1) is 48.3 Å². The maximum Gasteiger partial charge on any atom is 0.295 e.